The minimum Gasteiger partial charge on any atom is -0.493 e. The molecule has 0 atom stereocenters. The number of hydrogen-bond acceptors (Lipinski definition) is 5. The predicted octanol–water partition coefficient (Wildman–Crippen LogP) is 3.23. The SMILES string of the molecule is CNC(=S)NN=Cc1cc(Cl)c(OCCOc2ccccc2)c(OC)c1. The number of hydrazone groups is 1. The highest BCUT2D eigenvalue weighted by molar-refractivity contribution is 7.80. The van der Waals surface area contributed by atoms with Crippen LogP contribution in [0.5, 0.6) is 17.2 Å². The molecule has 0 heterocycles. The fraction of sp³-hybridized carbons (Fsp3) is 0.222. The Labute approximate surface area is 163 Å². The van der Waals surface area contributed by atoms with E-state index in [1.807, 2.05) is 30.3 Å². The standard InChI is InChI=1S/C18H20ClN3O3S/c1-20-18(26)22-21-12-13-10-15(19)17(16(11-13)23-2)25-9-8-24-14-6-4-3-5-7-14/h3-7,10-12H,8-9H2,1-2H3,(H2,20,22,26). The summed E-state index contributed by atoms with van der Waals surface area (Å²) >= 11 is 11.3. The largest absolute Gasteiger partial charge is 0.493 e. The minimum atomic E-state index is 0.330. The summed E-state index contributed by atoms with van der Waals surface area (Å²) in [7, 11) is 3.26. The molecular weight excluding hydrogens is 374 g/mol. The summed E-state index contributed by atoms with van der Waals surface area (Å²) in [6.45, 7) is 0.717. The lowest BCUT2D eigenvalue weighted by Crippen LogP contribution is -2.28. The Morgan fingerprint density at radius 1 is 1.19 bits per heavy atom. The van der Waals surface area contributed by atoms with Crippen LogP contribution in [-0.2, 0) is 0 Å². The topological polar surface area (TPSA) is 64.1 Å². The van der Waals surface area contributed by atoms with Gasteiger partial charge in [0.05, 0.1) is 18.3 Å². The van der Waals surface area contributed by atoms with Gasteiger partial charge in [-0.25, -0.2) is 0 Å². The fourth-order valence-electron chi connectivity index (χ4n) is 2.00. The van der Waals surface area contributed by atoms with Gasteiger partial charge in [0, 0.05) is 7.05 Å². The summed E-state index contributed by atoms with van der Waals surface area (Å²) in [4.78, 5) is 0. The quantitative estimate of drug-likeness (QED) is 0.311. The Bertz CT molecular complexity index is 757. The first-order valence-electron chi connectivity index (χ1n) is 7.83. The Morgan fingerprint density at radius 2 is 1.92 bits per heavy atom. The van der Waals surface area contributed by atoms with Crippen LogP contribution in [0.15, 0.2) is 47.6 Å². The van der Waals surface area contributed by atoms with Gasteiger partial charge in [-0.2, -0.15) is 5.10 Å². The van der Waals surface area contributed by atoms with E-state index in [0.717, 1.165) is 11.3 Å². The first-order chi connectivity index (χ1) is 12.6. The fourth-order valence-corrected chi connectivity index (χ4v) is 2.32. The average molecular weight is 394 g/mol. The zero-order valence-electron chi connectivity index (χ0n) is 14.5. The smallest absolute Gasteiger partial charge is 0.186 e. The zero-order valence-corrected chi connectivity index (χ0v) is 16.1. The van der Waals surface area contributed by atoms with Crippen LogP contribution in [0.1, 0.15) is 5.56 Å². The number of halogens is 1. The Kier molecular flexibility index (Phi) is 7.98. The lowest BCUT2D eigenvalue weighted by atomic mass is 10.2. The van der Waals surface area contributed by atoms with Crippen LogP contribution in [0.3, 0.4) is 0 Å². The van der Waals surface area contributed by atoms with Gasteiger partial charge in [0.25, 0.3) is 0 Å². The molecule has 26 heavy (non-hydrogen) atoms. The Balaban J connectivity index is 1.96. The van der Waals surface area contributed by atoms with E-state index in [0.29, 0.717) is 34.8 Å². The van der Waals surface area contributed by atoms with Gasteiger partial charge in [-0.1, -0.05) is 29.8 Å². The summed E-state index contributed by atoms with van der Waals surface area (Å²) in [5.41, 5.74) is 3.41. The van der Waals surface area contributed by atoms with Crippen molar-refractivity contribution in [1.82, 2.24) is 10.7 Å². The molecule has 0 aromatic heterocycles. The number of benzene rings is 2. The molecule has 0 bridgehead atoms. The molecule has 2 aromatic rings. The van der Waals surface area contributed by atoms with Gasteiger partial charge in [0.2, 0.25) is 0 Å². The van der Waals surface area contributed by atoms with Crippen molar-refractivity contribution in [3.8, 4) is 17.2 Å². The van der Waals surface area contributed by atoms with Crippen LogP contribution in [0, 0.1) is 0 Å². The molecule has 0 saturated carbocycles. The van der Waals surface area contributed by atoms with E-state index in [-0.39, 0.29) is 0 Å². The number of ether oxygens (including phenoxy) is 3. The van der Waals surface area contributed by atoms with E-state index in [4.69, 9.17) is 38.0 Å². The van der Waals surface area contributed by atoms with Crippen molar-refractivity contribution < 1.29 is 14.2 Å². The molecule has 138 valence electrons. The Hall–Kier alpha value is -2.51. The van der Waals surface area contributed by atoms with Gasteiger partial charge >= 0.3 is 0 Å². The highest BCUT2D eigenvalue weighted by atomic mass is 35.5. The third kappa shape index (κ3) is 6.09. The van der Waals surface area contributed by atoms with Gasteiger partial charge in [0.1, 0.15) is 19.0 Å². The molecule has 0 saturated heterocycles. The van der Waals surface area contributed by atoms with E-state index in [1.165, 1.54) is 0 Å². The normalized spacial score (nSPS) is 10.4. The van der Waals surface area contributed by atoms with Crippen molar-refractivity contribution in [3.05, 3.63) is 53.1 Å². The highest BCUT2D eigenvalue weighted by Gasteiger charge is 2.11. The highest BCUT2D eigenvalue weighted by Crippen LogP contribution is 2.36. The van der Waals surface area contributed by atoms with Gasteiger partial charge in [0.15, 0.2) is 16.6 Å². The minimum absolute atomic E-state index is 0.330. The number of rotatable bonds is 8. The van der Waals surface area contributed by atoms with Crippen LogP contribution >= 0.6 is 23.8 Å². The maximum Gasteiger partial charge on any atom is 0.186 e. The summed E-state index contributed by atoms with van der Waals surface area (Å²) in [6.07, 6.45) is 1.58. The van der Waals surface area contributed by atoms with E-state index < -0.39 is 0 Å². The molecule has 0 radical (unpaired) electrons. The van der Waals surface area contributed by atoms with Gasteiger partial charge in [-0.05, 0) is 42.0 Å². The van der Waals surface area contributed by atoms with E-state index in [1.54, 1.807) is 32.5 Å². The van der Waals surface area contributed by atoms with Crippen molar-refractivity contribution in [3.63, 3.8) is 0 Å². The second-order valence-corrected chi connectivity index (χ2v) is 5.81. The summed E-state index contributed by atoms with van der Waals surface area (Å²) in [6, 6.07) is 13.0. The number of hydrogen-bond donors (Lipinski definition) is 2. The van der Waals surface area contributed by atoms with E-state index >= 15 is 0 Å². The third-order valence-electron chi connectivity index (χ3n) is 3.20. The van der Waals surface area contributed by atoms with Crippen LogP contribution in [0.25, 0.3) is 0 Å². The van der Waals surface area contributed by atoms with E-state index in [9.17, 15) is 0 Å². The van der Waals surface area contributed by atoms with Crippen LogP contribution in [0.2, 0.25) is 5.02 Å². The molecule has 2 N–H and O–H groups in total. The number of methoxy groups -OCH3 is 1. The number of nitrogens with one attached hydrogen (secondary N) is 2. The monoisotopic (exact) mass is 393 g/mol. The zero-order chi connectivity index (χ0) is 18.8. The van der Waals surface area contributed by atoms with Crippen molar-refractivity contribution in [2.45, 2.75) is 0 Å². The van der Waals surface area contributed by atoms with Gasteiger partial charge in [-0.15, -0.1) is 0 Å². The average Bonchev–Trinajstić information content (AvgIpc) is 2.66. The molecule has 6 nitrogen and oxygen atoms in total. The Morgan fingerprint density at radius 3 is 2.62 bits per heavy atom. The van der Waals surface area contributed by atoms with Crippen LogP contribution in [0.4, 0.5) is 0 Å². The molecule has 0 amide bonds. The number of para-hydroxylation sites is 1. The lowest BCUT2D eigenvalue weighted by Gasteiger charge is -2.13. The number of thiocarbonyl (C=S) groups is 1. The van der Waals surface area contributed by atoms with Gasteiger partial charge < -0.3 is 19.5 Å². The first-order valence-corrected chi connectivity index (χ1v) is 8.61. The van der Waals surface area contributed by atoms with Crippen molar-refractivity contribution in [2.75, 3.05) is 27.4 Å². The van der Waals surface area contributed by atoms with Crippen LogP contribution in [-0.4, -0.2) is 38.7 Å². The van der Waals surface area contributed by atoms with Crippen molar-refractivity contribution in [2.24, 2.45) is 5.10 Å². The molecule has 8 heteroatoms. The molecule has 0 aliphatic carbocycles. The summed E-state index contributed by atoms with van der Waals surface area (Å²) in [5, 5.41) is 7.61. The van der Waals surface area contributed by atoms with Crippen molar-refractivity contribution >= 4 is 35.1 Å². The van der Waals surface area contributed by atoms with Crippen LogP contribution < -0.4 is 25.0 Å². The van der Waals surface area contributed by atoms with E-state index in [2.05, 4.69) is 15.8 Å². The molecule has 2 aromatic carbocycles. The maximum absolute atomic E-state index is 6.31. The summed E-state index contributed by atoms with van der Waals surface area (Å²) < 4.78 is 16.7. The second kappa shape index (κ2) is 10.5. The molecule has 0 unspecified atom stereocenters. The molecule has 0 spiro atoms. The second-order valence-electron chi connectivity index (χ2n) is 4.99. The molecule has 2 rings (SSSR count). The molecule has 0 fully saturated rings. The maximum atomic E-state index is 6.31. The molecular formula is C18H20ClN3O3S. The molecule has 0 aliphatic rings. The van der Waals surface area contributed by atoms with Gasteiger partial charge in [-0.3, -0.25) is 5.43 Å². The van der Waals surface area contributed by atoms with Crippen molar-refractivity contribution in [1.29, 1.82) is 0 Å². The third-order valence-corrected chi connectivity index (χ3v) is 3.78. The predicted molar refractivity (Wildman–Crippen MR) is 108 cm³/mol. The lowest BCUT2D eigenvalue weighted by molar-refractivity contribution is 0.211. The number of nitrogens with zero attached hydrogens (tertiary/aromatic N) is 1. The summed E-state index contributed by atoms with van der Waals surface area (Å²) in [5.74, 6) is 1.75. The first kappa shape index (κ1) is 19.8. The molecule has 0 aliphatic heterocycles.